The number of aliphatic hydroxyl groups excluding tert-OH is 1. The zero-order chi connectivity index (χ0) is 16.9. The van der Waals surface area contributed by atoms with Crippen LogP contribution in [0.5, 0.6) is 0 Å². The Bertz CT molecular complexity index is 774. The summed E-state index contributed by atoms with van der Waals surface area (Å²) >= 11 is 5.75. The van der Waals surface area contributed by atoms with Crippen LogP contribution in [0.2, 0.25) is 5.02 Å². The fourth-order valence-electron chi connectivity index (χ4n) is 1.79. The molecule has 0 bridgehead atoms. The largest absolute Gasteiger partial charge is 0.395 e. The first kappa shape index (κ1) is 17.3. The highest BCUT2D eigenvalue weighted by atomic mass is 35.5. The standard InChI is InChI=1S/C15H15ClN2O4S/c16-12-3-5-13(6-4-12)18-23(21,22)14-7-1-11(2-8-14)15(20)17-9-10-19/h1-8,18-19H,9-10H2,(H,17,20). The van der Waals surface area contributed by atoms with Gasteiger partial charge in [0.1, 0.15) is 0 Å². The number of rotatable bonds is 6. The Labute approximate surface area is 139 Å². The SMILES string of the molecule is O=C(NCCO)c1ccc(S(=O)(=O)Nc2ccc(Cl)cc2)cc1. The zero-order valence-corrected chi connectivity index (χ0v) is 13.6. The molecule has 0 aliphatic carbocycles. The van der Waals surface area contributed by atoms with Crippen LogP contribution in [0.1, 0.15) is 10.4 Å². The molecule has 0 radical (unpaired) electrons. The first-order valence-corrected chi connectivity index (χ1v) is 8.56. The van der Waals surface area contributed by atoms with Gasteiger partial charge in [0, 0.05) is 22.8 Å². The van der Waals surface area contributed by atoms with E-state index < -0.39 is 10.0 Å². The first-order valence-electron chi connectivity index (χ1n) is 6.70. The van der Waals surface area contributed by atoms with Crippen molar-refractivity contribution in [2.45, 2.75) is 4.90 Å². The van der Waals surface area contributed by atoms with Gasteiger partial charge < -0.3 is 10.4 Å². The summed E-state index contributed by atoms with van der Waals surface area (Å²) in [5.41, 5.74) is 0.697. The van der Waals surface area contributed by atoms with E-state index in [1.54, 1.807) is 24.3 Å². The minimum absolute atomic E-state index is 0.0335. The lowest BCUT2D eigenvalue weighted by molar-refractivity contribution is 0.0944. The molecule has 0 atom stereocenters. The number of hydrogen-bond acceptors (Lipinski definition) is 4. The number of sulfonamides is 1. The number of benzene rings is 2. The number of carbonyl (C=O) groups is 1. The molecular weight excluding hydrogens is 340 g/mol. The van der Waals surface area contributed by atoms with Crippen LogP contribution >= 0.6 is 11.6 Å². The third-order valence-electron chi connectivity index (χ3n) is 2.92. The van der Waals surface area contributed by atoms with E-state index in [4.69, 9.17) is 16.7 Å². The second-order valence-corrected chi connectivity index (χ2v) is 6.74. The average Bonchev–Trinajstić information content (AvgIpc) is 2.54. The summed E-state index contributed by atoms with van der Waals surface area (Å²) < 4.78 is 26.9. The molecule has 0 fully saturated rings. The lowest BCUT2D eigenvalue weighted by Gasteiger charge is -2.09. The molecule has 0 aromatic heterocycles. The van der Waals surface area contributed by atoms with Gasteiger partial charge in [0.15, 0.2) is 0 Å². The molecule has 0 unspecified atom stereocenters. The van der Waals surface area contributed by atoms with Gasteiger partial charge in [-0.05, 0) is 48.5 Å². The van der Waals surface area contributed by atoms with E-state index >= 15 is 0 Å². The van der Waals surface area contributed by atoms with Gasteiger partial charge in [-0.3, -0.25) is 9.52 Å². The molecule has 2 aromatic carbocycles. The normalized spacial score (nSPS) is 11.0. The minimum atomic E-state index is -3.75. The summed E-state index contributed by atoms with van der Waals surface area (Å²) in [6.07, 6.45) is 0. The lowest BCUT2D eigenvalue weighted by Crippen LogP contribution is -2.26. The van der Waals surface area contributed by atoms with Gasteiger partial charge in [0.25, 0.3) is 15.9 Å². The average molecular weight is 355 g/mol. The second-order valence-electron chi connectivity index (χ2n) is 4.62. The van der Waals surface area contributed by atoms with Crippen molar-refractivity contribution in [2.75, 3.05) is 17.9 Å². The van der Waals surface area contributed by atoms with Crippen LogP contribution in [0.25, 0.3) is 0 Å². The number of amides is 1. The highest BCUT2D eigenvalue weighted by Gasteiger charge is 2.15. The van der Waals surface area contributed by atoms with Crippen LogP contribution in [0, 0.1) is 0 Å². The fourth-order valence-corrected chi connectivity index (χ4v) is 2.97. The Morgan fingerprint density at radius 1 is 1.04 bits per heavy atom. The second kappa shape index (κ2) is 7.45. The van der Waals surface area contributed by atoms with Crippen molar-refractivity contribution in [2.24, 2.45) is 0 Å². The molecule has 0 saturated heterocycles. The van der Waals surface area contributed by atoms with Gasteiger partial charge in [-0.25, -0.2) is 8.42 Å². The highest BCUT2D eigenvalue weighted by molar-refractivity contribution is 7.92. The predicted octanol–water partition coefficient (Wildman–Crippen LogP) is 1.86. The van der Waals surface area contributed by atoms with Crippen molar-refractivity contribution >= 4 is 33.2 Å². The number of anilines is 1. The molecule has 2 aromatic rings. The summed E-state index contributed by atoms with van der Waals surface area (Å²) in [5, 5.41) is 11.7. The van der Waals surface area contributed by atoms with Crippen LogP contribution in [0.4, 0.5) is 5.69 Å². The topological polar surface area (TPSA) is 95.5 Å². The predicted molar refractivity (Wildman–Crippen MR) is 88.1 cm³/mol. The maximum Gasteiger partial charge on any atom is 0.261 e. The lowest BCUT2D eigenvalue weighted by atomic mass is 10.2. The maximum absolute atomic E-state index is 12.3. The number of carbonyl (C=O) groups excluding carboxylic acids is 1. The summed E-state index contributed by atoms with van der Waals surface area (Å²) in [7, 11) is -3.75. The van der Waals surface area contributed by atoms with Gasteiger partial charge in [-0.1, -0.05) is 11.6 Å². The molecule has 0 heterocycles. The Morgan fingerprint density at radius 2 is 1.65 bits per heavy atom. The maximum atomic E-state index is 12.3. The van der Waals surface area contributed by atoms with Crippen LogP contribution in [-0.2, 0) is 10.0 Å². The number of nitrogens with one attached hydrogen (secondary N) is 2. The Kier molecular flexibility index (Phi) is 5.59. The van der Waals surface area contributed by atoms with E-state index in [-0.39, 0.29) is 24.0 Å². The van der Waals surface area contributed by atoms with Crippen molar-refractivity contribution < 1.29 is 18.3 Å². The van der Waals surface area contributed by atoms with Crippen LogP contribution < -0.4 is 10.0 Å². The molecule has 0 aliphatic rings. The Morgan fingerprint density at radius 3 is 2.22 bits per heavy atom. The first-order chi connectivity index (χ1) is 10.9. The third-order valence-corrected chi connectivity index (χ3v) is 4.57. The molecule has 122 valence electrons. The van der Waals surface area contributed by atoms with Crippen molar-refractivity contribution in [3.8, 4) is 0 Å². The van der Waals surface area contributed by atoms with E-state index in [1.165, 1.54) is 24.3 Å². The highest BCUT2D eigenvalue weighted by Crippen LogP contribution is 2.18. The van der Waals surface area contributed by atoms with E-state index in [2.05, 4.69) is 10.0 Å². The third kappa shape index (κ3) is 4.69. The van der Waals surface area contributed by atoms with E-state index in [0.29, 0.717) is 16.3 Å². The molecule has 6 nitrogen and oxygen atoms in total. The summed E-state index contributed by atoms with van der Waals surface area (Å²) in [6, 6.07) is 11.7. The van der Waals surface area contributed by atoms with Crippen LogP contribution in [0.15, 0.2) is 53.4 Å². The van der Waals surface area contributed by atoms with Crippen molar-refractivity contribution in [3.63, 3.8) is 0 Å². The van der Waals surface area contributed by atoms with Gasteiger partial charge in [-0.15, -0.1) is 0 Å². The summed E-state index contributed by atoms with van der Waals surface area (Å²) in [4.78, 5) is 11.7. The quantitative estimate of drug-likeness (QED) is 0.737. The molecule has 0 spiro atoms. The van der Waals surface area contributed by atoms with E-state index in [0.717, 1.165) is 0 Å². The van der Waals surface area contributed by atoms with Crippen LogP contribution in [-0.4, -0.2) is 32.6 Å². The Balaban J connectivity index is 2.14. The summed E-state index contributed by atoms with van der Waals surface area (Å²) in [5.74, 6) is -0.381. The number of halogens is 1. The Hall–Kier alpha value is -2.09. The molecular formula is C15H15ClN2O4S. The van der Waals surface area contributed by atoms with E-state index in [1.807, 2.05) is 0 Å². The molecule has 3 N–H and O–H groups in total. The molecule has 0 saturated carbocycles. The molecule has 23 heavy (non-hydrogen) atoms. The molecule has 8 heteroatoms. The van der Waals surface area contributed by atoms with Gasteiger partial charge in [0.2, 0.25) is 0 Å². The van der Waals surface area contributed by atoms with Gasteiger partial charge >= 0.3 is 0 Å². The van der Waals surface area contributed by atoms with Gasteiger partial charge in [0.05, 0.1) is 11.5 Å². The molecule has 2 rings (SSSR count). The van der Waals surface area contributed by atoms with E-state index in [9.17, 15) is 13.2 Å². The molecule has 0 aliphatic heterocycles. The number of hydrogen-bond donors (Lipinski definition) is 3. The van der Waals surface area contributed by atoms with Crippen molar-refractivity contribution in [1.82, 2.24) is 5.32 Å². The number of aliphatic hydroxyl groups is 1. The molecule has 1 amide bonds. The monoisotopic (exact) mass is 354 g/mol. The van der Waals surface area contributed by atoms with Gasteiger partial charge in [-0.2, -0.15) is 0 Å². The zero-order valence-electron chi connectivity index (χ0n) is 12.0. The van der Waals surface area contributed by atoms with Crippen molar-refractivity contribution in [1.29, 1.82) is 0 Å². The smallest absolute Gasteiger partial charge is 0.261 e. The van der Waals surface area contributed by atoms with Crippen LogP contribution in [0.3, 0.4) is 0 Å². The summed E-state index contributed by atoms with van der Waals surface area (Å²) in [6.45, 7) is -0.0276. The minimum Gasteiger partial charge on any atom is -0.395 e. The fraction of sp³-hybridized carbons (Fsp3) is 0.133. The van der Waals surface area contributed by atoms with Crippen molar-refractivity contribution in [3.05, 3.63) is 59.1 Å².